The summed E-state index contributed by atoms with van der Waals surface area (Å²) in [6.45, 7) is 7.90. The van der Waals surface area contributed by atoms with E-state index in [0.717, 1.165) is 29.8 Å². The molecule has 3 N–H and O–H groups in total. The number of nitrogens with one attached hydrogen (secondary N) is 1. The van der Waals surface area contributed by atoms with Crippen LogP contribution in [0.4, 0.5) is 5.69 Å². The molecule has 2 amide bonds. The van der Waals surface area contributed by atoms with Crippen LogP contribution in [0.3, 0.4) is 0 Å². The quantitative estimate of drug-likeness (QED) is 0.872. The molecule has 1 saturated heterocycles. The van der Waals surface area contributed by atoms with Gasteiger partial charge in [0.05, 0.1) is 12.0 Å². The van der Waals surface area contributed by atoms with E-state index in [0.29, 0.717) is 18.8 Å². The maximum absolute atomic E-state index is 13.5. The van der Waals surface area contributed by atoms with Gasteiger partial charge in [-0.25, -0.2) is 0 Å². The highest BCUT2D eigenvalue weighted by Gasteiger charge is 2.52. The molecule has 0 aliphatic carbocycles. The van der Waals surface area contributed by atoms with Crippen molar-refractivity contribution in [1.82, 2.24) is 5.32 Å². The lowest BCUT2D eigenvalue weighted by atomic mass is 9.81. The summed E-state index contributed by atoms with van der Waals surface area (Å²) in [6, 6.07) is 9.66. The molecule has 6 heteroatoms. The zero-order valence-electron chi connectivity index (χ0n) is 16.0. The van der Waals surface area contributed by atoms with Crippen LogP contribution in [0.15, 0.2) is 34.7 Å². The van der Waals surface area contributed by atoms with Gasteiger partial charge < -0.3 is 20.4 Å². The highest BCUT2D eigenvalue weighted by molar-refractivity contribution is 6.08. The van der Waals surface area contributed by atoms with Crippen molar-refractivity contribution in [3.05, 3.63) is 53.0 Å². The minimum absolute atomic E-state index is 0.107. The Morgan fingerprint density at radius 1 is 1.33 bits per heavy atom. The smallest absolute Gasteiger partial charge is 0.284 e. The number of nitrogens with two attached hydrogens (primary N) is 1. The third-order valence-electron chi connectivity index (χ3n) is 5.58. The molecule has 6 nitrogen and oxygen atoms in total. The number of nitrogens with zero attached hydrogens (tertiary/aromatic N) is 1. The van der Waals surface area contributed by atoms with E-state index in [1.54, 1.807) is 6.07 Å². The summed E-state index contributed by atoms with van der Waals surface area (Å²) in [6.07, 6.45) is 0.795. The minimum Gasteiger partial charge on any atom is -0.455 e. The summed E-state index contributed by atoms with van der Waals surface area (Å²) in [5.74, 6) is 0.325. The fraction of sp³-hybridized carbons (Fsp3) is 0.429. The number of amides is 2. The second-order valence-corrected chi connectivity index (χ2v) is 8.50. The Bertz CT molecular complexity index is 917. The molecule has 1 aromatic heterocycles. The van der Waals surface area contributed by atoms with Gasteiger partial charge in [-0.15, -0.1) is 0 Å². The van der Waals surface area contributed by atoms with E-state index in [9.17, 15) is 9.59 Å². The van der Waals surface area contributed by atoms with Crippen LogP contribution in [-0.4, -0.2) is 24.9 Å². The number of hydrogen-bond donors (Lipinski definition) is 2. The molecule has 1 unspecified atom stereocenters. The molecular formula is C21H25N3O3. The van der Waals surface area contributed by atoms with Gasteiger partial charge in [0, 0.05) is 23.2 Å². The Morgan fingerprint density at radius 3 is 2.70 bits per heavy atom. The summed E-state index contributed by atoms with van der Waals surface area (Å²) in [7, 11) is 0. The van der Waals surface area contributed by atoms with Gasteiger partial charge in [0.25, 0.3) is 5.91 Å². The first-order valence-electron chi connectivity index (χ1n) is 9.29. The molecule has 0 bridgehead atoms. The first kappa shape index (κ1) is 17.8. The molecule has 0 radical (unpaired) electrons. The fourth-order valence-corrected chi connectivity index (χ4v) is 4.33. The lowest BCUT2D eigenvalue weighted by Crippen LogP contribution is -2.41. The Balaban J connectivity index is 1.78. The molecule has 1 fully saturated rings. The van der Waals surface area contributed by atoms with Crippen LogP contribution in [0.5, 0.6) is 0 Å². The van der Waals surface area contributed by atoms with Crippen LogP contribution >= 0.6 is 0 Å². The largest absolute Gasteiger partial charge is 0.455 e. The van der Waals surface area contributed by atoms with Crippen LogP contribution in [-0.2, 0) is 22.2 Å². The van der Waals surface area contributed by atoms with Gasteiger partial charge in [0.2, 0.25) is 5.91 Å². The minimum atomic E-state index is -0.601. The van der Waals surface area contributed by atoms with E-state index >= 15 is 0 Å². The number of anilines is 1. The van der Waals surface area contributed by atoms with E-state index in [-0.39, 0.29) is 17.1 Å². The average molecular weight is 367 g/mol. The van der Waals surface area contributed by atoms with Gasteiger partial charge >= 0.3 is 0 Å². The van der Waals surface area contributed by atoms with Crippen molar-refractivity contribution in [3.8, 4) is 0 Å². The number of para-hydroxylation sites is 1. The molecule has 1 aromatic carbocycles. The van der Waals surface area contributed by atoms with Crippen molar-refractivity contribution < 1.29 is 14.0 Å². The molecule has 4 rings (SSSR count). The van der Waals surface area contributed by atoms with Gasteiger partial charge in [-0.2, -0.15) is 0 Å². The molecule has 2 aromatic rings. The number of rotatable bonds is 3. The standard InChI is InChI=1S/C21H25N3O3/c1-20(2,3)17-13(10-16(27-17)18(22)25)11-24-15-7-5-4-6-14(15)21(19(24)26)8-9-23-12-21/h4-7,10,23H,8-9,11-12H2,1-3H3,(H2,22,25). The van der Waals surface area contributed by atoms with Crippen molar-refractivity contribution in [2.75, 3.05) is 18.0 Å². The molecular weight excluding hydrogens is 342 g/mol. The summed E-state index contributed by atoms with van der Waals surface area (Å²) in [5, 5.41) is 3.34. The summed E-state index contributed by atoms with van der Waals surface area (Å²) < 4.78 is 5.77. The molecule has 1 spiro atoms. The predicted molar refractivity (Wildman–Crippen MR) is 103 cm³/mol. The number of carbonyl (C=O) groups is 2. The average Bonchev–Trinajstić information content (AvgIpc) is 3.30. The first-order chi connectivity index (χ1) is 12.7. The molecule has 2 aliphatic rings. The van der Waals surface area contributed by atoms with Crippen molar-refractivity contribution in [2.45, 2.75) is 44.6 Å². The zero-order chi connectivity index (χ0) is 19.4. The van der Waals surface area contributed by atoms with Gasteiger partial charge in [-0.05, 0) is 30.7 Å². The van der Waals surface area contributed by atoms with Crippen molar-refractivity contribution in [1.29, 1.82) is 0 Å². The van der Waals surface area contributed by atoms with E-state index in [2.05, 4.69) is 11.4 Å². The molecule has 1 atom stereocenters. The second-order valence-electron chi connectivity index (χ2n) is 8.50. The third kappa shape index (κ3) is 2.67. The number of furan rings is 1. The topological polar surface area (TPSA) is 88.6 Å². The fourth-order valence-electron chi connectivity index (χ4n) is 4.33. The Morgan fingerprint density at radius 2 is 2.07 bits per heavy atom. The van der Waals surface area contributed by atoms with Gasteiger partial charge in [0.15, 0.2) is 5.76 Å². The lowest BCUT2D eigenvalue weighted by Gasteiger charge is -2.24. The molecule has 2 aliphatic heterocycles. The Labute approximate surface area is 158 Å². The highest BCUT2D eigenvalue weighted by Crippen LogP contribution is 2.46. The number of benzene rings is 1. The predicted octanol–water partition coefficient (Wildman–Crippen LogP) is 2.45. The molecule has 3 heterocycles. The summed E-state index contributed by atoms with van der Waals surface area (Å²) >= 11 is 0. The van der Waals surface area contributed by atoms with Crippen LogP contribution in [0.1, 0.15) is 54.6 Å². The van der Waals surface area contributed by atoms with Crippen molar-refractivity contribution in [3.63, 3.8) is 0 Å². The first-order valence-corrected chi connectivity index (χ1v) is 9.29. The van der Waals surface area contributed by atoms with Crippen LogP contribution in [0, 0.1) is 0 Å². The maximum atomic E-state index is 13.5. The number of carbonyl (C=O) groups excluding carboxylic acids is 2. The molecule has 27 heavy (non-hydrogen) atoms. The Hall–Kier alpha value is -2.60. The normalized spacial score (nSPS) is 21.9. The van der Waals surface area contributed by atoms with Crippen LogP contribution < -0.4 is 16.0 Å². The van der Waals surface area contributed by atoms with E-state index < -0.39 is 11.3 Å². The number of hydrogen-bond acceptors (Lipinski definition) is 4. The monoisotopic (exact) mass is 367 g/mol. The molecule has 142 valence electrons. The summed E-state index contributed by atoms with van der Waals surface area (Å²) in [5.41, 5.74) is 7.46. The lowest BCUT2D eigenvalue weighted by molar-refractivity contribution is -0.122. The second kappa shape index (κ2) is 5.96. The van der Waals surface area contributed by atoms with Crippen molar-refractivity contribution >= 4 is 17.5 Å². The van der Waals surface area contributed by atoms with Gasteiger partial charge in [0.1, 0.15) is 5.76 Å². The number of fused-ring (bicyclic) bond motifs is 2. The van der Waals surface area contributed by atoms with Gasteiger partial charge in [-0.1, -0.05) is 39.0 Å². The van der Waals surface area contributed by atoms with E-state index in [1.165, 1.54) is 0 Å². The highest BCUT2D eigenvalue weighted by atomic mass is 16.4. The van der Waals surface area contributed by atoms with E-state index in [1.807, 2.05) is 43.9 Å². The van der Waals surface area contributed by atoms with E-state index in [4.69, 9.17) is 10.2 Å². The van der Waals surface area contributed by atoms with Crippen molar-refractivity contribution in [2.24, 2.45) is 5.73 Å². The van der Waals surface area contributed by atoms with Crippen LogP contribution in [0.25, 0.3) is 0 Å². The molecule has 0 saturated carbocycles. The Kier molecular flexibility index (Phi) is 3.93. The number of primary amides is 1. The van der Waals surface area contributed by atoms with Crippen LogP contribution in [0.2, 0.25) is 0 Å². The third-order valence-corrected chi connectivity index (χ3v) is 5.58. The maximum Gasteiger partial charge on any atom is 0.284 e. The SMILES string of the molecule is CC(C)(C)c1oc(C(N)=O)cc1CN1C(=O)C2(CCNC2)c2ccccc21. The summed E-state index contributed by atoms with van der Waals surface area (Å²) in [4.78, 5) is 26.9. The zero-order valence-corrected chi connectivity index (χ0v) is 16.0. The van der Waals surface area contributed by atoms with Gasteiger partial charge in [-0.3, -0.25) is 9.59 Å².